The van der Waals surface area contributed by atoms with Crippen molar-refractivity contribution < 1.29 is 9.59 Å². The average molecular weight is 373 g/mol. The van der Waals surface area contributed by atoms with Gasteiger partial charge in [-0.05, 0) is 53.0 Å². The molecule has 3 rings (SSSR count). The number of rotatable bonds is 4. The van der Waals surface area contributed by atoms with Gasteiger partial charge in [-0.2, -0.15) is 0 Å². The Morgan fingerprint density at radius 2 is 1.65 bits per heavy atom. The second kappa shape index (κ2) is 6.16. The molecule has 0 aliphatic heterocycles. The molecule has 0 radical (unpaired) electrons. The Morgan fingerprint density at radius 1 is 1.04 bits per heavy atom. The molecule has 2 aromatic rings. The van der Waals surface area contributed by atoms with Gasteiger partial charge in [0, 0.05) is 17.2 Å². The van der Waals surface area contributed by atoms with Crippen LogP contribution in [0.3, 0.4) is 0 Å². The highest BCUT2D eigenvalue weighted by atomic mass is 79.9. The van der Waals surface area contributed by atoms with Crippen LogP contribution in [0.15, 0.2) is 59.1 Å². The van der Waals surface area contributed by atoms with Crippen molar-refractivity contribution >= 4 is 39.1 Å². The number of hydrogen-bond donors (Lipinski definition) is 1. The van der Waals surface area contributed by atoms with Crippen molar-refractivity contribution in [3.05, 3.63) is 59.1 Å². The molecule has 0 bridgehead atoms. The number of anilines is 2. The van der Waals surface area contributed by atoms with E-state index in [2.05, 4.69) is 21.2 Å². The van der Waals surface area contributed by atoms with Gasteiger partial charge in [0.05, 0.1) is 5.69 Å². The first-order valence-corrected chi connectivity index (χ1v) is 8.23. The summed E-state index contributed by atoms with van der Waals surface area (Å²) in [6, 6.07) is 16.8. The van der Waals surface area contributed by atoms with E-state index >= 15 is 0 Å². The Kier molecular flexibility index (Phi) is 4.22. The summed E-state index contributed by atoms with van der Waals surface area (Å²) in [7, 11) is 1.71. The first-order valence-electron chi connectivity index (χ1n) is 7.44. The molecule has 0 atom stereocenters. The summed E-state index contributed by atoms with van der Waals surface area (Å²) in [6.45, 7) is 0. The van der Waals surface area contributed by atoms with Crippen LogP contribution in [0.1, 0.15) is 12.8 Å². The fraction of sp³-hybridized carbons (Fsp3) is 0.222. The number of para-hydroxylation sites is 2. The lowest BCUT2D eigenvalue weighted by molar-refractivity contribution is -0.132. The third kappa shape index (κ3) is 3.01. The van der Waals surface area contributed by atoms with Crippen LogP contribution in [0.2, 0.25) is 0 Å². The number of nitrogens with one attached hydrogen (secondary N) is 1. The summed E-state index contributed by atoms with van der Waals surface area (Å²) < 4.78 is 0.799. The summed E-state index contributed by atoms with van der Waals surface area (Å²) in [5, 5.41) is 2.87. The Balaban J connectivity index is 1.78. The highest BCUT2D eigenvalue weighted by Gasteiger charge is 2.57. The van der Waals surface area contributed by atoms with E-state index in [9.17, 15) is 9.59 Å². The quantitative estimate of drug-likeness (QED) is 0.829. The van der Waals surface area contributed by atoms with Gasteiger partial charge in [-0.25, -0.2) is 0 Å². The lowest BCUT2D eigenvalue weighted by atomic mass is 10.0. The summed E-state index contributed by atoms with van der Waals surface area (Å²) in [5.41, 5.74) is 0.524. The normalized spacial score (nSPS) is 14.9. The minimum atomic E-state index is -0.945. The van der Waals surface area contributed by atoms with E-state index < -0.39 is 5.41 Å². The van der Waals surface area contributed by atoms with E-state index in [1.807, 2.05) is 54.6 Å². The second-order valence-electron chi connectivity index (χ2n) is 5.72. The summed E-state index contributed by atoms with van der Waals surface area (Å²) in [4.78, 5) is 27.0. The fourth-order valence-corrected chi connectivity index (χ4v) is 2.94. The molecule has 1 aliphatic carbocycles. The molecule has 1 fully saturated rings. The molecule has 23 heavy (non-hydrogen) atoms. The summed E-state index contributed by atoms with van der Waals surface area (Å²) in [6.07, 6.45) is 1.17. The smallest absolute Gasteiger partial charge is 0.242 e. The molecule has 1 saturated carbocycles. The van der Waals surface area contributed by atoms with Crippen molar-refractivity contribution in [2.45, 2.75) is 12.8 Å². The molecular formula is C18H17BrN2O2. The van der Waals surface area contributed by atoms with Gasteiger partial charge in [0.25, 0.3) is 0 Å². The lowest BCUT2D eigenvalue weighted by Gasteiger charge is -2.23. The van der Waals surface area contributed by atoms with E-state index in [-0.39, 0.29) is 11.8 Å². The van der Waals surface area contributed by atoms with Crippen molar-refractivity contribution in [2.24, 2.45) is 5.41 Å². The SMILES string of the molecule is CN(C(=O)C1(C(=O)Nc2ccccc2Br)CC1)c1ccccc1. The van der Waals surface area contributed by atoms with Crippen LogP contribution in [0, 0.1) is 5.41 Å². The minimum Gasteiger partial charge on any atom is -0.324 e. The molecule has 2 amide bonds. The van der Waals surface area contributed by atoms with Crippen LogP contribution in [0.5, 0.6) is 0 Å². The Bertz CT molecular complexity index is 742. The molecule has 0 heterocycles. The zero-order chi connectivity index (χ0) is 16.4. The van der Waals surface area contributed by atoms with E-state index in [4.69, 9.17) is 0 Å². The highest BCUT2D eigenvalue weighted by molar-refractivity contribution is 9.10. The maximum Gasteiger partial charge on any atom is 0.242 e. The van der Waals surface area contributed by atoms with Crippen molar-refractivity contribution in [2.75, 3.05) is 17.3 Å². The van der Waals surface area contributed by atoms with Crippen molar-refractivity contribution in [1.29, 1.82) is 0 Å². The first-order chi connectivity index (χ1) is 11.0. The van der Waals surface area contributed by atoms with Crippen LogP contribution in [-0.4, -0.2) is 18.9 Å². The van der Waals surface area contributed by atoms with Crippen molar-refractivity contribution in [3.8, 4) is 0 Å². The molecule has 1 N–H and O–H groups in total. The molecule has 0 spiro atoms. The van der Waals surface area contributed by atoms with E-state index in [0.29, 0.717) is 18.5 Å². The van der Waals surface area contributed by atoms with Crippen LogP contribution >= 0.6 is 15.9 Å². The van der Waals surface area contributed by atoms with Crippen LogP contribution in [0.25, 0.3) is 0 Å². The zero-order valence-electron chi connectivity index (χ0n) is 12.8. The molecule has 2 aromatic carbocycles. The predicted octanol–water partition coefficient (Wildman–Crippen LogP) is 3.83. The molecule has 0 unspecified atom stereocenters. The number of carbonyl (C=O) groups excluding carboxylic acids is 2. The van der Waals surface area contributed by atoms with E-state index in [1.54, 1.807) is 11.9 Å². The minimum absolute atomic E-state index is 0.159. The van der Waals surface area contributed by atoms with Crippen molar-refractivity contribution in [3.63, 3.8) is 0 Å². The Morgan fingerprint density at radius 3 is 2.26 bits per heavy atom. The Labute approximate surface area is 143 Å². The summed E-state index contributed by atoms with van der Waals surface area (Å²) >= 11 is 3.40. The van der Waals surface area contributed by atoms with Gasteiger partial charge in [-0.3, -0.25) is 9.59 Å². The molecule has 1 aliphatic rings. The second-order valence-corrected chi connectivity index (χ2v) is 6.57. The molecular weight excluding hydrogens is 356 g/mol. The van der Waals surface area contributed by atoms with Gasteiger partial charge in [0.2, 0.25) is 11.8 Å². The number of amides is 2. The largest absolute Gasteiger partial charge is 0.324 e. The van der Waals surface area contributed by atoms with Crippen LogP contribution < -0.4 is 10.2 Å². The zero-order valence-corrected chi connectivity index (χ0v) is 14.3. The van der Waals surface area contributed by atoms with Crippen molar-refractivity contribution in [1.82, 2.24) is 0 Å². The summed E-state index contributed by atoms with van der Waals surface area (Å²) in [5.74, 6) is -0.398. The molecule has 0 aromatic heterocycles. The van der Waals surface area contributed by atoms with Gasteiger partial charge in [-0.15, -0.1) is 0 Å². The Hall–Kier alpha value is -2.14. The molecule has 4 nitrogen and oxygen atoms in total. The van der Waals surface area contributed by atoms with Gasteiger partial charge in [-0.1, -0.05) is 30.3 Å². The number of carbonyl (C=O) groups is 2. The van der Waals surface area contributed by atoms with Gasteiger partial charge >= 0.3 is 0 Å². The number of hydrogen-bond acceptors (Lipinski definition) is 2. The fourth-order valence-electron chi connectivity index (χ4n) is 2.56. The van der Waals surface area contributed by atoms with E-state index in [0.717, 1.165) is 10.2 Å². The number of benzene rings is 2. The van der Waals surface area contributed by atoms with Gasteiger partial charge in [0.1, 0.15) is 5.41 Å². The van der Waals surface area contributed by atoms with Crippen LogP contribution in [-0.2, 0) is 9.59 Å². The van der Waals surface area contributed by atoms with Crippen LogP contribution in [0.4, 0.5) is 11.4 Å². The maximum atomic E-state index is 12.8. The predicted molar refractivity (Wildman–Crippen MR) is 94.3 cm³/mol. The number of nitrogens with zero attached hydrogens (tertiary/aromatic N) is 1. The average Bonchev–Trinajstić information content (AvgIpc) is 3.38. The molecule has 5 heteroatoms. The molecule has 0 saturated heterocycles. The molecule has 118 valence electrons. The lowest BCUT2D eigenvalue weighted by Crippen LogP contribution is -2.41. The van der Waals surface area contributed by atoms with Gasteiger partial charge < -0.3 is 10.2 Å². The third-order valence-corrected chi connectivity index (χ3v) is 4.86. The standard InChI is InChI=1S/C18H17BrN2O2/c1-21(13-7-3-2-4-8-13)17(23)18(11-12-18)16(22)20-15-10-6-5-9-14(15)19/h2-10H,11-12H2,1H3,(H,20,22). The maximum absolute atomic E-state index is 12.8. The highest BCUT2D eigenvalue weighted by Crippen LogP contribution is 2.48. The first kappa shape index (κ1) is 15.7. The topological polar surface area (TPSA) is 49.4 Å². The number of halogens is 1. The van der Waals surface area contributed by atoms with E-state index in [1.165, 1.54) is 0 Å². The van der Waals surface area contributed by atoms with Gasteiger partial charge in [0.15, 0.2) is 0 Å². The monoisotopic (exact) mass is 372 g/mol. The third-order valence-electron chi connectivity index (χ3n) is 4.16.